The van der Waals surface area contributed by atoms with E-state index < -0.39 is 5.97 Å². The van der Waals surface area contributed by atoms with Crippen molar-refractivity contribution in [3.63, 3.8) is 0 Å². The van der Waals surface area contributed by atoms with Gasteiger partial charge in [-0.2, -0.15) is 11.8 Å². The molecular weight excluding hydrogens is 254 g/mol. The number of rotatable bonds is 7. The van der Waals surface area contributed by atoms with Crippen molar-refractivity contribution in [2.75, 3.05) is 19.1 Å². The van der Waals surface area contributed by atoms with E-state index in [-0.39, 0.29) is 0 Å². The second kappa shape index (κ2) is 7.03. The Balaban J connectivity index is 2.58. The summed E-state index contributed by atoms with van der Waals surface area (Å²) in [5, 5.41) is 10.9. The summed E-state index contributed by atoms with van der Waals surface area (Å²) in [7, 11) is 2.05. The molecule has 0 aliphatic rings. The number of carboxylic acid groups (broad SMARTS) is 1. The highest BCUT2D eigenvalue weighted by Crippen LogP contribution is 2.19. The van der Waals surface area contributed by atoms with E-state index >= 15 is 0 Å². The van der Waals surface area contributed by atoms with Crippen LogP contribution < -0.4 is 0 Å². The van der Waals surface area contributed by atoms with E-state index in [1.807, 2.05) is 30.3 Å². The molecule has 0 spiro atoms. The molecule has 0 saturated heterocycles. The van der Waals surface area contributed by atoms with Gasteiger partial charge in [-0.25, -0.2) is 4.79 Å². The van der Waals surface area contributed by atoms with Crippen LogP contribution in [-0.4, -0.2) is 41.1 Å². The minimum Gasteiger partial charge on any atom is -0.477 e. The van der Waals surface area contributed by atoms with Gasteiger partial charge < -0.3 is 5.11 Å². The maximum Gasteiger partial charge on any atom is 0.346 e. The van der Waals surface area contributed by atoms with Crippen molar-refractivity contribution >= 4 is 29.1 Å². The molecule has 0 saturated carbocycles. The molecule has 1 unspecified atom stereocenters. The minimum atomic E-state index is -0.819. The monoisotopic (exact) mass is 273 g/mol. The fourth-order valence-corrected chi connectivity index (χ4v) is 2.91. The van der Waals surface area contributed by atoms with E-state index in [1.54, 1.807) is 0 Å². The highest BCUT2D eigenvalue weighted by molar-refractivity contribution is 7.98. The van der Waals surface area contributed by atoms with Gasteiger partial charge in [0, 0.05) is 12.6 Å². The molecule has 0 amide bonds. The predicted octanol–water partition coefficient (Wildman–Crippen LogP) is 3.02. The lowest BCUT2D eigenvalue weighted by molar-refractivity contribution is 0.0700. The average Bonchev–Trinajstić information content (AvgIpc) is 2.73. The number of hydrogen-bond donors (Lipinski definition) is 1. The lowest BCUT2D eigenvalue weighted by atomic mass is 10.2. The third kappa shape index (κ3) is 4.33. The number of carboxylic acids is 1. The SMILES string of the molecule is CSCCC(C)N(C)Cc1ccsc1C(=O)O. The van der Waals surface area contributed by atoms with Gasteiger partial charge in [-0.05, 0) is 49.4 Å². The van der Waals surface area contributed by atoms with Gasteiger partial charge in [-0.15, -0.1) is 11.3 Å². The van der Waals surface area contributed by atoms with Crippen LogP contribution in [0.2, 0.25) is 0 Å². The highest BCUT2D eigenvalue weighted by atomic mass is 32.2. The Labute approximate surface area is 111 Å². The largest absolute Gasteiger partial charge is 0.477 e. The molecule has 1 atom stereocenters. The molecule has 17 heavy (non-hydrogen) atoms. The maximum atomic E-state index is 11.0. The number of thioether (sulfide) groups is 1. The van der Waals surface area contributed by atoms with E-state index in [9.17, 15) is 4.79 Å². The van der Waals surface area contributed by atoms with Gasteiger partial charge in [0.1, 0.15) is 4.88 Å². The van der Waals surface area contributed by atoms with Gasteiger partial charge in [-0.1, -0.05) is 0 Å². The zero-order valence-electron chi connectivity index (χ0n) is 10.5. The van der Waals surface area contributed by atoms with Crippen molar-refractivity contribution in [3.05, 3.63) is 21.9 Å². The standard InChI is InChI=1S/C12H19NO2S2/c1-9(4-6-16-3)13(2)8-10-5-7-17-11(10)12(14)15/h5,7,9H,4,6,8H2,1-3H3,(H,14,15). The van der Waals surface area contributed by atoms with Crippen LogP contribution >= 0.6 is 23.1 Å². The first-order chi connectivity index (χ1) is 8.06. The summed E-state index contributed by atoms with van der Waals surface area (Å²) in [6.07, 6.45) is 3.23. The number of aromatic carboxylic acids is 1. The quantitative estimate of drug-likeness (QED) is 0.829. The van der Waals surface area contributed by atoms with E-state index in [0.29, 0.717) is 17.5 Å². The van der Waals surface area contributed by atoms with Gasteiger partial charge in [0.15, 0.2) is 0 Å². The fourth-order valence-electron chi connectivity index (χ4n) is 1.58. The maximum absolute atomic E-state index is 11.0. The zero-order valence-corrected chi connectivity index (χ0v) is 12.1. The molecule has 1 N–H and O–H groups in total. The summed E-state index contributed by atoms with van der Waals surface area (Å²) in [5.74, 6) is 0.321. The average molecular weight is 273 g/mol. The summed E-state index contributed by atoms with van der Waals surface area (Å²) < 4.78 is 0. The molecule has 1 aromatic heterocycles. The fraction of sp³-hybridized carbons (Fsp3) is 0.583. The summed E-state index contributed by atoms with van der Waals surface area (Å²) in [4.78, 5) is 13.7. The molecule has 0 radical (unpaired) electrons. The van der Waals surface area contributed by atoms with Crippen molar-refractivity contribution < 1.29 is 9.90 Å². The Morgan fingerprint density at radius 1 is 1.65 bits per heavy atom. The van der Waals surface area contributed by atoms with Crippen LogP contribution in [0.25, 0.3) is 0 Å². The number of nitrogens with zero attached hydrogens (tertiary/aromatic N) is 1. The van der Waals surface area contributed by atoms with Crippen LogP contribution in [0.5, 0.6) is 0 Å². The van der Waals surface area contributed by atoms with E-state index in [0.717, 1.165) is 17.7 Å². The normalized spacial score (nSPS) is 12.9. The van der Waals surface area contributed by atoms with Gasteiger partial charge in [0.05, 0.1) is 0 Å². The lowest BCUT2D eigenvalue weighted by Crippen LogP contribution is -2.29. The summed E-state index contributed by atoms with van der Waals surface area (Å²) in [6.45, 7) is 2.89. The Bertz CT molecular complexity index is 365. The summed E-state index contributed by atoms with van der Waals surface area (Å²) in [6, 6.07) is 2.38. The predicted molar refractivity (Wildman–Crippen MR) is 75.2 cm³/mol. The van der Waals surface area contributed by atoms with E-state index in [1.165, 1.54) is 11.3 Å². The molecule has 0 bridgehead atoms. The van der Waals surface area contributed by atoms with Crippen LogP contribution in [0.3, 0.4) is 0 Å². The van der Waals surface area contributed by atoms with Crippen LogP contribution in [0.15, 0.2) is 11.4 Å². The van der Waals surface area contributed by atoms with Crippen molar-refractivity contribution in [1.29, 1.82) is 0 Å². The summed E-state index contributed by atoms with van der Waals surface area (Å²) >= 11 is 3.14. The topological polar surface area (TPSA) is 40.5 Å². The lowest BCUT2D eigenvalue weighted by Gasteiger charge is -2.24. The van der Waals surface area contributed by atoms with Crippen LogP contribution in [0.4, 0.5) is 0 Å². The third-order valence-electron chi connectivity index (χ3n) is 2.85. The number of carbonyl (C=O) groups is 1. The molecule has 1 rings (SSSR count). The van der Waals surface area contributed by atoms with Gasteiger partial charge in [-0.3, -0.25) is 4.90 Å². The zero-order chi connectivity index (χ0) is 12.8. The Morgan fingerprint density at radius 2 is 2.35 bits per heavy atom. The smallest absolute Gasteiger partial charge is 0.346 e. The highest BCUT2D eigenvalue weighted by Gasteiger charge is 2.15. The number of hydrogen-bond acceptors (Lipinski definition) is 4. The van der Waals surface area contributed by atoms with Crippen LogP contribution in [0, 0.1) is 0 Å². The van der Waals surface area contributed by atoms with Crippen LogP contribution in [0.1, 0.15) is 28.6 Å². The molecule has 5 heteroatoms. The van der Waals surface area contributed by atoms with Gasteiger partial charge in [0.25, 0.3) is 0 Å². The molecule has 3 nitrogen and oxygen atoms in total. The molecule has 96 valence electrons. The second-order valence-electron chi connectivity index (χ2n) is 4.13. The Hall–Kier alpha value is -0.520. The molecular formula is C12H19NO2S2. The number of thiophene rings is 1. The first kappa shape index (κ1) is 14.5. The van der Waals surface area contributed by atoms with Gasteiger partial charge in [0.2, 0.25) is 0 Å². The molecule has 1 heterocycles. The Kier molecular flexibility index (Phi) is 6.02. The van der Waals surface area contributed by atoms with E-state index in [4.69, 9.17) is 5.11 Å². The Morgan fingerprint density at radius 3 is 2.94 bits per heavy atom. The minimum absolute atomic E-state index is 0.467. The van der Waals surface area contributed by atoms with Crippen molar-refractivity contribution in [2.24, 2.45) is 0 Å². The second-order valence-corrected chi connectivity index (χ2v) is 6.03. The van der Waals surface area contributed by atoms with E-state index in [2.05, 4.69) is 18.1 Å². The molecule has 1 aromatic rings. The third-order valence-corrected chi connectivity index (χ3v) is 4.44. The van der Waals surface area contributed by atoms with Crippen LogP contribution in [-0.2, 0) is 6.54 Å². The van der Waals surface area contributed by atoms with Gasteiger partial charge >= 0.3 is 5.97 Å². The molecule has 0 fully saturated rings. The first-order valence-electron chi connectivity index (χ1n) is 5.55. The first-order valence-corrected chi connectivity index (χ1v) is 7.82. The molecule has 0 aromatic carbocycles. The molecule has 0 aliphatic carbocycles. The van der Waals surface area contributed by atoms with Crippen molar-refractivity contribution in [1.82, 2.24) is 4.90 Å². The van der Waals surface area contributed by atoms with Crippen molar-refractivity contribution in [3.8, 4) is 0 Å². The summed E-state index contributed by atoms with van der Waals surface area (Å²) in [5.41, 5.74) is 0.918. The van der Waals surface area contributed by atoms with Crippen molar-refractivity contribution in [2.45, 2.75) is 25.9 Å². The molecule has 0 aliphatic heterocycles.